The Morgan fingerprint density at radius 3 is 2.34 bits per heavy atom. The van der Waals surface area contributed by atoms with E-state index in [2.05, 4.69) is 5.32 Å². The summed E-state index contributed by atoms with van der Waals surface area (Å²) in [7, 11) is -3.89. The zero-order chi connectivity index (χ0) is 21.6. The highest BCUT2D eigenvalue weighted by atomic mass is 32.2. The fraction of sp³-hybridized carbons (Fsp3) is 0.381. The van der Waals surface area contributed by atoms with E-state index in [1.54, 1.807) is 13.8 Å². The van der Waals surface area contributed by atoms with Crippen LogP contribution < -0.4 is 14.4 Å². The number of carbonyl (C=O) groups is 1. The summed E-state index contributed by atoms with van der Waals surface area (Å²) in [5.41, 5.74) is 0.957. The second-order valence-electron chi connectivity index (χ2n) is 6.97. The van der Waals surface area contributed by atoms with E-state index >= 15 is 0 Å². The average Bonchev–Trinajstić information content (AvgIpc) is 2.65. The van der Waals surface area contributed by atoms with Crippen LogP contribution in [0.25, 0.3) is 0 Å². The third-order valence-electron chi connectivity index (χ3n) is 4.33. The number of hydrogen-bond acceptors (Lipinski definition) is 4. The number of ether oxygens (including phenoxy) is 1. The lowest BCUT2D eigenvalue weighted by Crippen LogP contribution is -2.52. The lowest BCUT2D eigenvalue weighted by atomic mass is 10.1. The van der Waals surface area contributed by atoms with Crippen LogP contribution in [0.4, 0.5) is 10.1 Å². The van der Waals surface area contributed by atoms with Gasteiger partial charge in [0, 0.05) is 0 Å². The number of nitrogens with zero attached hydrogens (tertiary/aromatic N) is 1. The molecule has 1 amide bonds. The molecule has 0 fully saturated rings. The maximum atomic E-state index is 14.3. The van der Waals surface area contributed by atoms with E-state index in [1.165, 1.54) is 18.2 Å². The molecular formula is C21H27FN2O4S. The van der Waals surface area contributed by atoms with Crippen molar-refractivity contribution in [1.82, 2.24) is 5.32 Å². The van der Waals surface area contributed by atoms with Crippen molar-refractivity contribution >= 4 is 21.6 Å². The van der Waals surface area contributed by atoms with Crippen molar-refractivity contribution in [1.29, 1.82) is 0 Å². The first-order valence-electron chi connectivity index (χ1n) is 9.37. The Morgan fingerprint density at radius 2 is 1.79 bits per heavy atom. The Labute approximate surface area is 171 Å². The molecule has 0 radical (unpaired) electrons. The van der Waals surface area contributed by atoms with Gasteiger partial charge in [-0.05, 0) is 44.5 Å². The quantitative estimate of drug-likeness (QED) is 0.673. The number of rotatable bonds is 9. The molecule has 29 heavy (non-hydrogen) atoms. The number of hydrogen-bond donors (Lipinski definition) is 1. The maximum Gasteiger partial charge on any atom is 0.244 e. The van der Waals surface area contributed by atoms with Gasteiger partial charge in [-0.15, -0.1) is 0 Å². The molecule has 0 bridgehead atoms. The molecule has 158 valence electrons. The highest BCUT2D eigenvalue weighted by Crippen LogP contribution is 2.25. The molecule has 0 aliphatic carbocycles. The van der Waals surface area contributed by atoms with Crippen LogP contribution >= 0.6 is 0 Å². The minimum Gasteiger partial charge on any atom is -0.491 e. The predicted octanol–water partition coefficient (Wildman–Crippen LogP) is 3.26. The van der Waals surface area contributed by atoms with E-state index in [9.17, 15) is 17.6 Å². The maximum absolute atomic E-state index is 14.3. The van der Waals surface area contributed by atoms with Gasteiger partial charge in [-0.2, -0.15) is 0 Å². The minimum absolute atomic E-state index is 0.152. The first-order valence-corrected chi connectivity index (χ1v) is 11.2. The van der Waals surface area contributed by atoms with E-state index in [1.807, 2.05) is 31.2 Å². The molecule has 0 aliphatic heterocycles. The lowest BCUT2D eigenvalue weighted by Gasteiger charge is -2.31. The van der Waals surface area contributed by atoms with Crippen LogP contribution in [0.3, 0.4) is 0 Å². The van der Waals surface area contributed by atoms with Crippen molar-refractivity contribution in [3.63, 3.8) is 0 Å². The van der Waals surface area contributed by atoms with E-state index in [4.69, 9.17) is 4.74 Å². The molecule has 0 heterocycles. The number of aryl methyl sites for hydroxylation is 1. The number of nitrogens with one attached hydrogen (secondary N) is 1. The first-order chi connectivity index (χ1) is 13.6. The van der Waals surface area contributed by atoms with Crippen molar-refractivity contribution in [2.24, 2.45) is 0 Å². The summed E-state index contributed by atoms with van der Waals surface area (Å²) in [6.07, 6.45) is 1.14. The highest BCUT2D eigenvalue weighted by molar-refractivity contribution is 7.92. The molecule has 0 unspecified atom stereocenters. The van der Waals surface area contributed by atoms with Gasteiger partial charge in [0.15, 0.2) is 0 Å². The standard InChI is InChI=1S/C21H27FN2O4S/c1-5-19(24(29(4,26)27)20-9-7-6-8-18(20)22)21(25)23-16(3)14-28-17-12-10-15(2)11-13-17/h6-13,16,19H,5,14H2,1-4H3,(H,23,25)/t16-,19+/m0/s1. The number of carbonyl (C=O) groups excluding carboxylic acids is 1. The Hall–Kier alpha value is -2.61. The molecule has 0 saturated heterocycles. The van der Waals surface area contributed by atoms with Crippen molar-refractivity contribution in [2.45, 2.75) is 39.3 Å². The summed E-state index contributed by atoms with van der Waals surface area (Å²) >= 11 is 0. The van der Waals surface area contributed by atoms with E-state index < -0.39 is 27.8 Å². The molecule has 2 aromatic rings. The molecule has 0 aromatic heterocycles. The number of anilines is 1. The van der Waals surface area contributed by atoms with E-state index in [0.717, 1.165) is 22.2 Å². The summed E-state index contributed by atoms with van der Waals surface area (Å²) in [6, 6.07) is 11.6. The Balaban J connectivity index is 2.12. The van der Waals surface area contributed by atoms with Crippen molar-refractivity contribution < 1.29 is 22.3 Å². The lowest BCUT2D eigenvalue weighted by molar-refractivity contribution is -0.123. The Bertz CT molecular complexity index is 932. The summed E-state index contributed by atoms with van der Waals surface area (Å²) < 4.78 is 45.5. The predicted molar refractivity (Wildman–Crippen MR) is 112 cm³/mol. The van der Waals surface area contributed by atoms with Gasteiger partial charge in [0.05, 0.1) is 18.0 Å². The molecule has 2 rings (SSSR count). The SMILES string of the molecule is CC[C@H](C(=O)N[C@@H](C)COc1ccc(C)cc1)N(c1ccccc1F)S(C)(=O)=O. The van der Waals surface area contributed by atoms with Gasteiger partial charge in [0.2, 0.25) is 15.9 Å². The van der Waals surface area contributed by atoms with E-state index in [-0.39, 0.29) is 24.8 Å². The first kappa shape index (κ1) is 22.7. The second-order valence-corrected chi connectivity index (χ2v) is 8.83. The van der Waals surface area contributed by atoms with Crippen LogP contribution in [0.15, 0.2) is 48.5 Å². The van der Waals surface area contributed by atoms with Gasteiger partial charge >= 0.3 is 0 Å². The van der Waals surface area contributed by atoms with Gasteiger partial charge in [0.1, 0.15) is 24.2 Å². The molecule has 1 N–H and O–H groups in total. The molecule has 0 spiro atoms. The monoisotopic (exact) mass is 422 g/mol. The smallest absolute Gasteiger partial charge is 0.244 e. The van der Waals surface area contributed by atoms with Gasteiger partial charge in [-0.3, -0.25) is 9.10 Å². The summed E-state index contributed by atoms with van der Waals surface area (Å²) in [5, 5.41) is 2.76. The normalized spacial score (nSPS) is 13.4. The van der Waals surface area contributed by atoms with Gasteiger partial charge < -0.3 is 10.1 Å². The number of amides is 1. The van der Waals surface area contributed by atoms with Crippen LogP contribution in [-0.4, -0.2) is 39.3 Å². The van der Waals surface area contributed by atoms with Crippen LogP contribution in [0.2, 0.25) is 0 Å². The second kappa shape index (κ2) is 9.73. The van der Waals surface area contributed by atoms with Gasteiger partial charge in [-0.1, -0.05) is 36.8 Å². The number of halogens is 1. The van der Waals surface area contributed by atoms with Crippen LogP contribution in [0, 0.1) is 12.7 Å². The van der Waals surface area contributed by atoms with Crippen molar-refractivity contribution in [2.75, 3.05) is 17.2 Å². The number of para-hydroxylation sites is 1. The Morgan fingerprint density at radius 1 is 1.17 bits per heavy atom. The van der Waals surface area contributed by atoms with Crippen LogP contribution in [0.1, 0.15) is 25.8 Å². The molecule has 8 heteroatoms. The highest BCUT2D eigenvalue weighted by Gasteiger charge is 2.33. The summed E-state index contributed by atoms with van der Waals surface area (Å²) in [4.78, 5) is 12.8. The molecule has 6 nitrogen and oxygen atoms in total. The van der Waals surface area contributed by atoms with Crippen LogP contribution in [-0.2, 0) is 14.8 Å². The van der Waals surface area contributed by atoms with Crippen molar-refractivity contribution in [3.8, 4) is 5.75 Å². The summed E-state index contributed by atoms with van der Waals surface area (Å²) in [5.74, 6) is -0.547. The third kappa shape index (κ3) is 6.19. The van der Waals surface area contributed by atoms with Crippen LogP contribution in [0.5, 0.6) is 5.75 Å². The molecule has 2 atom stereocenters. The molecule has 0 saturated carbocycles. The van der Waals surface area contributed by atoms with E-state index in [0.29, 0.717) is 5.75 Å². The fourth-order valence-electron chi connectivity index (χ4n) is 2.90. The largest absolute Gasteiger partial charge is 0.491 e. The topological polar surface area (TPSA) is 75.7 Å². The zero-order valence-electron chi connectivity index (χ0n) is 17.1. The minimum atomic E-state index is -3.89. The van der Waals surface area contributed by atoms with Crippen molar-refractivity contribution in [3.05, 3.63) is 59.9 Å². The number of sulfonamides is 1. The summed E-state index contributed by atoms with van der Waals surface area (Å²) in [6.45, 7) is 5.62. The Kier molecular flexibility index (Phi) is 7.61. The molecular weight excluding hydrogens is 395 g/mol. The third-order valence-corrected chi connectivity index (χ3v) is 5.50. The average molecular weight is 423 g/mol. The molecule has 2 aromatic carbocycles. The van der Waals surface area contributed by atoms with Gasteiger partial charge in [0.25, 0.3) is 0 Å². The van der Waals surface area contributed by atoms with Gasteiger partial charge in [-0.25, -0.2) is 12.8 Å². The zero-order valence-corrected chi connectivity index (χ0v) is 17.9. The number of benzene rings is 2. The molecule has 0 aliphatic rings. The fourth-order valence-corrected chi connectivity index (χ4v) is 4.11.